The number of rotatable bonds is 4. The van der Waals surface area contributed by atoms with Gasteiger partial charge >= 0.3 is 0 Å². The van der Waals surface area contributed by atoms with Crippen LogP contribution < -0.4 is 9.64 Å². The summed E-state index contributed by atoms with van der Waals surface area (Å²) in [5.41, 5.74) is 3.60. The summed E-state index contributed by atoms with van der Waals surface area (Å²) in [6.07, 6.45) is 5.74. The zero-order valence-electron chi connectivity index (χ0n) is 13.5. The van der Waals surface area contributed by atoms with Crippen LogP contribution in [0.15, 0.2) is 42.0 Å². The molecule has 0 saturated carbocycles. The summed E-state index contributed by atoms with van der Waals surface area (Å²) in [6.45, 7) is 1.79. The minimum Gasteiger partial charge on any atom is -0.495 e. The highest BCUT2D eigenvalue weighted by Gasteiger charge is 2.22. The zero-order chi connectivity index (χ0) is 16.4. The number of ether oxygens (including phenoxy) is 1. The van der Waals surface area contributed by atoms with E-state index in [4.69, 9.17) is 9.72 Å². The third-order valence-corrected chi connectivity index (χ3v) is 5.04. The lowest BCUT2D eigenvalue weighted by molar-refractivity contribution is 0.412. The van der Waals surface area contributed by atoms with Crippen molar-refractivity contribution >= 4 is 17.0 Å². The Labute approximate surface area is 145 Å². The second kappa shape index (κ2) is 6.57. The van der Waals surface area contributed by atoms with E-state index >= 15 is 0 Å². The molecule has 0 saturated heterocycles. The summed E-state index contributed by atoms with van der Waals surface area (Å²) in [6, 6.07) is 8.10. The van der Waals surface area contributed by atoms with Gasteiger partial charge in [-0.3, -0.25) is 0 Å². The molecule has 5 nitrogen and oxygen atoms in total. The van der Waals surface area contributed by atoms with Crippen LogP contribution in [0.25, 0.3) is 10.8 Å². The number of nitrogens with zero attached hydrogens (tertiary/aromatic N) is 4. The molecule has 0 atom stereocenters. The van der Waals surface area contributed by atoms with Crippen LogP contribution in [-0.2, 0) is 13.0 Å². The molecule has 0 fully saturated rings. The zero-order valence-corrected chi connectivity index (χ0v) is 14.3. The molecule has 122 valence electrons. The van der Waals surface area contributed by atoms with Crippen molar-refractivity contribution in [3.05, 3.63) is 53.3 Å². The van der Waals surface area contributed by atoms with Gasteiger partial charge in [-0.2, -0.15) is 0 Å². The van der Waals surface area contributed by atoms with E-state index in [1.807, 2.05) is 12.1 Å². The van der Waals surface area contributed by atoms with E-state index in [2.05, 4.69) is 32.4 Å². The second-order valence-corrected chi connectivity index (χ2v) is 6.57. The van der Waals surface area contributed by atoms with Gasteiger partial charge in [-0.1, -0.05) is 12.1 Å². The van der Waals surface area contributed by atoms with Crippen LogP contribution in [0.2, 0.25) is 0 Å². The Morgan fingerprint density at radius 2 is 2.08 bits per heavy atom. The normalized spacial score (nSPS) is 13.6. The van der Waals surface area contributed by atoms with Crippen molar-refractivity contribution in [2.75, 3.05) is 18.6 Å². The molecule has 1 aliphatic rings. The number of anilines is 1. The number of aryl methyl sites for hydroxylation is 1. The number of fused-ring (bicyclic) bond motifs is 1. The highest BCUT2D eigenvalue weighted by Crippen LogP contribution is 2.37. The summed E-state index contributed by atoms with van der Waals surface area (Å²) in [5.74, 6) is 1.62. The summed E-state index contributed by atoms with van der Waals surface area (Å²) >= 11 is 1.59. The molecular weight excluding hydrogens is 320 g/mol. The lowest BCUT2D eigenvalue weighted by Crippen LogP contribution is -2.29. The Kier molecular flexibility index (Phi) is 4.13. The van der Waals surface area contributed by atoms with Crippen LogP contribution in [0.3, 0.4) is 0 Å². The summed E-state index contributed by atoms with van der Waals surface area (Å²) in [7, 11) is 1.73. The Balaban J connectivity index is 1.61. The van der Waals surface area contributed by atoms with Gasteiger partial charge in [-0.05, 0) is 30.5 Å². The number of benzene rings is 1. The quantitative estimate of drug-likeness (QED) is 0.728. The van der Waals surface area contributed by atoms with Gasteiger partial charge in [0.2, 0.25) is 0 Å². The van der Waals surface area contributed by atoms with Gasteiger partial charge in [0.25, 0.3) is 0 Å². The SMILES string of the molecule is COc1cccc2c1N(Cc1csc(-c3ncccn3)n1)CCC2. The van der Waals surface area contributed by atoms with Gasteiger partial charge in [0, 0.05) is 24.3 Å². The van der Waals surface area contributed by atoms with Gasteiger partial charge in [0.1, 0.15) is 5.75 Å². The number of methoxy groups -OCH3 is 1. The van der Waals surface area contributed by atoms with E-state index in [-0.39, 0.29) is 0 Å². The maximum absolute atomic E-state index is 5.58. The first-order valence-electron chi connectivity index (χ1n) is 7.98. The predicted molar refractivity (Wildman–Crippen MR) is 95.5 cm³/mol. The van der Waals surface area contributed by atoms with Gasteiger partial charge in [0.05, 0.1) is 25.0 Å². The summed E-state index contributed by atoms with van der Waals surface area (Å²) < 4.78 is 5.58. The topological polar surface area (TPSA) is 51.1 Å². The van der Waals surface area contributed by atoms with E-state index in [1.165, 1.54) is 11.3 Å². The maximum atomic E-state index is 5.58. The first-order chi connectivity index (χ1) is 11.8. The van der Waals surface area contributed by atoms with Crippen molar-refractivity contribution in [1.82, 2.24) is 15.0 Å². The molecule has 1 aromatic carbocycles. The van der Waals surface area contributed by atoms with Gasteiger partial charge in [0.15, 0.2) is 10.8 Å². The smallest absolute Gasteiger partial charge is 0.188 e. The van der Waals surface area contributed by atoms with Crippen LogP contribution in [0.5, 0.6) is 5.75 Å². The molecule has 0 unspecified atom stereocenters. The van der Waals surface area contributed by atoms with Crippen LogP contribution in [0.4, 0.5) is 5.69 Å². The van der Waals surface area contributed by atoms with Crippen LogP contribution in [0.1, 0.15) is 17.7 Å². The van der Waals surface area contributed by atoms with Crippen molar-refractivity contribution in [3.63, 3.8) is 0 Å². The maximum Gasteiger partial charge on any atom is 0.188 e. The fourth-order valence-electron chi connectivity index (χ4n) is 3.11. The number of para-hydroxylation sites is 1. The molecular formula is C18H18N4OS. The van der Waals surface area contributed by atoms with Crippen LogP contribution in [0, 0.1) is 0 Å². The largest absolute Gasteiger partial charge is 0.495 e. The lowest BCUT2D eigenvalue weighted by Gasteiger charge is -2.32. The monoisotopic (exact) mass is 338 g/mol. The molecule has 0 amide bonds. The molecule has 4 rings (SSSR count). The molecule has 2 aromatic heterocycles. The Morgan fingerprint density at radius 1 is 1.21 bits per heavy atom. The number of hydrogen-bond donors (Lipinski definition) is 0. The fourth-order valence-corrected chi connectivity index (χ4v) is 3.87. The molecule has 24 heavy (non-hydrogen) atoms. The van der Waals surface area contributed by atoms with Crippen molar-refractivity contribution in [3.8, 4) is 16.6 Å². The van der Waals surface area contributed by atoms with Crippen LogP contribution in [-0.4, -0.2) is 28.6 Å². The van der Waals surface area contributed by atoms with Crippen molar-refractivity contribution in [2.24, 2.45) is 0 Å². The minimum atomic E-state index is 0.686. The molecule has 0 bridgehead atoms. The molecule has 0 spiro atoms. The predicted octanol–water partition coefficient (Wildman–Crippen LogP) is 3.56. The molecule has 1 aliphatic heterocycles. The van der Waals surface area contributed by atoms with E-state index in [0.717, 1.165) is 42.4 Å². The highest BCUT2D eigenvalue weighted by molar-refractivity contribution is 7.13. The van der Waals surface area contributed by atoms with E-state index in [9.17, 15) is 0 Å². The first-order valence-corrected chi connectivity index (χ1v) is 8.86. The van der Waals surface area contributed by atoms with E-state index in [0.29, 0.717) is 5.82 Å². The third-order valence-electron chi connectivity index (χ3n) is 4.15. The molecule has 0 N–H and O–H groups in total. The van der Waals surface area contributed by atoms with Crippen LogP contribution >= 0.6 is 11.3 Å². The van der Waals surface area contributed by atoms with Gasteiger partial charge in [-0.25, -0.2) is 15.0 Å². The number of aromatic nitrogens is 3. The second-order valence-electron chi connectivity index (χ2n) is 5.71. The van der Waals surface area contributed by atoms with E-state index < -0.39 is 0 Å². The Bertz CT molecular complexity index is 820. The molecule has 3 aromatic rings. The van der Waals surface area contributed by atoms with Gasteiger partial charge in [-0.15, -0.1) is 11.3 Å². The molecule has 3 heterocycles. The summed E-state index contributed by atoms with van der Waals surface area (Å²) in [5, 5.41) is 2.96. The molecule has 0 radical (unpaired) electrons. The lowest BCUT2D eigenvalue weighted by atomic mass is 10.0. The van der Waals surface area contributed by atoms with Gasteiger partial charge < -0.3 is 9.64 Å². The highest BCUT2D eigenvalue weighted by atomic mass is 32.1. The Morgan fingerprint density at radius 3 is 2.92 bits per heavy atom. The minimum absolute atomic E-state index is 0.686. The van der Waals surface area contributed by atoms with Crippen molar-refractivity contribution in [2.45, 2.75) is 19.4 Å². The average molecular weight is 338 g/mol. The number of hydrogen-bond acceptors (Lipinski definition) is 6. The molecule has 6 heteroatoms. The first kappa shape index (κ1) is 15.1. The van der Waals surface area contributed by atoms with Crippen molar-refractivity contribution < 1.29 is 4.74 Å². The van der Waals surface area contributed by atoms with E-state index in [1.54, 1.807) is 30.8 Å². The molecule has 0 aliphatic carbocycles. The average Bonchev–Trinajstić information content (AvgIpc) is 3.11. The summed E-state index contributed by atoms with van der Waals surface area (Å²) in [4.78, 5) is 15.6. The standard InChI is InChI=1S/C18H18N4OS/c1-23-15-7-2-5-13-6-3-10-22(16(13)15)11-14-12-24-18(21-14)17-19-8-4-9-20-17/h2,4-5,7-9,12H,3,6,10-11H2,1H3. The number of thiazole rings is 1. The fraction of sp³-hybridized carbons (Fsp3) is 0.278. The third kappa shape index (κ3) is 2.85. The Hall–Kier alpha value is -2.47. The van der Waals surface area contributed by atoms with Crippen molar-refractivity contribution in [1.29, 1.82) is 0 Å².